The Balaban J connectivity index is 1.85. The molecule has 4 nitrogen and oxygen atoms in total. The van der Waals surface area contributed by atoms with Crippen LogP contribution in [0.1, 0.15) is 24.8 Å². The van der Waals surface area contributed by atoms with Crippen LogP contribution in [0.4, 0.5) is 5.69 Å². The Labute approximate surface area is 113 Å². The van der Waals surface area contributed by atoms with Gasteiger partial charge in [-0.2, -0.15) is 0 Å². The summed E-state index contributed by atoms with van der Waals surface area (Å²) in [5, 5.41) is 3.45. The summed E-state index contributed by atoms with van der Waals surface area (Å²) in [6.45, 7) is 4.90. The quantitative estimate of drug-likeness (QED) is 0.837. The van der Waals surface area contributed by atoms with Crippen LogP contribution in [0, 0.1) is 0 Å². The van der Waals surface area contributed by atoms with Gasteiger partial charge in [0.05, 0.1) is 19.1 Å². The molecule has 2 aliphatic heterocycles. The molecule has 3 rings (SSSR count). The predicted molar refractivity (Wildman–Crippen MR) is 74.3 cm³/mol. The van der Waals surface area contributed by atoms with Gasteiger partial charge in [-0.25, -0.2) is 0 Å². The Morgan fingerprint density at radius 2 is 2.05 bits per heavy atom. The maximum atomic E-state index is 12.7. The highest BCUT2D eigenvalue weighted by Gasteiger charge is 2.32. The number of morpholine rings is 1. The summed E-state index contributed by atoms with van der Waals surface area (Å²) in [6.07, 6.45) is 0.868. The number of nitrogens with one attached hydrogen (secondary N) is 1. The molecule has 1 aromatic carbocycles. The summed E-state index contributed by atoms with van der Waals surface area (Å²) < 4.78 is 5.32. The second-order valence-corrected chi connectivity index (χ2v) is 5.36. The number of para-hydroxylation sites is 1. The van der Waals surface area contributed by atoms with Crippen LogP contribution < -0.4 is 5.32 Å². The molecule has 0 spiro atoms. The van der Waals surface area contributed by atoms with E-state index in [-0.39, 0.29) is 11.8 Å². The first-order chi connectivity index (χ1) is 9.25. The number of carbonyl (C=O) groups excluding carboxylic acids is 1. The van der Waals surface area contributed by atoms with Gasteiger partial charge >= 0.3 is 0 Å². The summed E-state index contributed by atoms with van der Waals surface area (Å²) in [7, 11) is 0. The Morgan fingerprint density at radius 3 is 2.84 bits per heavy atom. The molecule has 2 heterocycles. The fourth-order valence-electron chi connectivity index (χ4n) is 2.98. The average molecular weight is 260 g/mol. The van der Waals surface area contributed by atoms with E-state index in [0.717, 1.165) is 30.8 Å². The number of hydrogen-bond donors (Lipinski definition) is 1. The fraction of sp³-hybridized carbons (Fsp3) is 0.533. The van der Waals surface area contributed by atoms with Crippen molar-refractivity contribution in [2.45, 2.75) is 25.3 Å². The van der Waals surface area contributed by atoms with Crippen molar-refractivity contribution in [1.82, 2.24) is 4.90 Å². The number of ether oxygens (including phenoxy) is 1. The van der Waals surface area contributed by atoms with Crippen LogP contribution in [0.25, 0.3) is 0 Å². The van der Waals surface area contributed by atoms with E-state index in [1.165, 1.54) is 0 Å². The molecule has 2 atom stereocenters. The van der Waals surface area contributed by atoms with E-state index in [9.17, 15) is 4.79 Å². The van der Waals surface area contributed by atoms with E-state index in [1.807, 2.05) is 17.0 Å². The van der Waals surface area contributed by atoms with Gasteiger partial charge in [0.2, 0.25) is 5.91 Å². The van der Waals surface area contributed by atoms with Crippen LogP contribution >= 0.6 is 0 Å². The minimum atomic E-state index is -0.00875. The highest BCUT2D eigenvalue weighted by Crippen LogP contribution is 2.35. The van der Waals surface area contributed by atoms with Crippen molar-refractivity contribution < 1.29 is 9.53 Å². The third-order valence-electron chi connectivity index (χ3n) is 3.95. The molecule has 19 heavy (non-hydrogen) atoms. The second kappa shape index (κ2) is 5.21. The zero-order valence-electron chi connectivity index (χ0n) is 11.3. The monoisotopic (exact) mass is 260 g/mol. The maximum absolute atomic E-state index is 12.7. The van der Waals surface area contributed by atoms with Crippen molar-refractivity contribution in [3.8, 4) is 0 Å². The molecular formula is C15H20N2O2. The second-order valence-electron chi connectivity index (χ2n) is 5.36. The molecule has 102 valence electrons. The Bertz CT molecular complexity index is 469. The van der Waals surface area contributed by atoms with Crippen molar-refractivity contribution in [2.75, 3.05) is 31.6 Å². The summed E-state index contributed by atoms with van der Waals surface area (Å²) >= 11 is 0. The van der Waals surface area contributed by atoms with E-state index < -0.39 is 0 Å². The standard InChI is InChI=1S/C15H20N2O2/c1-11-10-13(12-4-2-3-5-14(12)16-11)15(18)17-6-8-19-9-7-17/h2-5,11,13,16H,6-10H2,1H3. The van der Waals surface area contributed by atoms with Gasteiger partial charge in [0.25, 0.3) is 0 Å². The first-order valence-electron chi connectivity index (χ1n) is 6.97. The van der Waals surface area contributed by atoms with Crippen LogP contribution in [0.15, 0.2) is 24.3 Å². The van der Waals surface area contributed by atoms with Crippen molar-refractivity contribution >= 4 is 11.6 Å². The molecule has 1 fully saturated rings. The first-order valence-corrected chi connectivity index (χ1v) is 6.97. The fourth-order valence-corrected chi connectivity index (χ4v) is 2.98. The number of fused-ring (bicyclic) bond motifs is 1. The lowest BCUT2D eigenvalue weighted by molar-refractivity contribution is -0.137. The highest BCUT2D eigenvalue weighted by atomic mass is 16.5. The largest absolute Gasteiger partial charge is 0.382 e. The Kier molecular flexibility index (Phi) is 3.42. The third-order valence-corrected chi connectivity index (χ3v) is 3.95. The number of nitrogens with zero attached hydrogens (tertiary/aromatic N) is 1. The number of anilines is 1. The van der Waals surface area contributed by atoms with Gasteiger partial charge in [0, 0.05) is 24.8 Å². The number of hydrogen-bond acceptors (Lipinski definition) is 3. The molecule has 0 aromatic heterocycles. The molecule has 1 aromatic rings. The van der Waals surface area contributed by atoms with E-state index in [2.05, 4.69) is 24.4 Å². The van der Waals surface area contributed by atoms with Crippen molar-refractivity contribution in [3.05, 3.63) is 29.8 Å². The normalized spacial score (nSPS) is 26.5. The topological polar surface area (TPSA) is 41.6 Å². The molecule has 1 amide bonds. The molecule has 2 unspecified atom stereocenters. The molecule has 0 saturated carbocycles. The maximum Gasteiger partial charge on any atom is 0.230 e. The zero-order chi connectivity index (χ0) is 13.2. The molecule has 2 aliphatic rings. The number of amides is 1. The summed E-state index contributed by atoms with van der Waals surface area (Å²) in [6, 6.07) is 8.49. The van der Waals surface area contributed by atoms with E-state index in [1.54, 1.807) is 0 Å². The van der Waals surface area contributed by atoms with E-state index >= 15 is 0 Å². The minimum Gasteiger partial charge on any atom is -0.382 e. The van der Waals surface area contributed by atoms with Crippen LogP contribution in [0.5, 0.6) is 0 Å². The Hall–Kier alpha value is -1.55. The average Bonchev–Trinajstić information content (AvgIpc) is 2.46. The van der Waals surface area contributed by atoms with Gasteiger partial charge in [0.15, 0.2) is 0 Å². The zero-order valence-corrected chi connectivity index (χ0v) is 11.3. The van der Waals surface area contributed by atoms with E-state index in [4.69, 9.17) is 4.74 Å². The molecule has 1 N–H and O–H groups in total. The van der Waals surface area contributed by atoms with Crippen LogP contribution in [-0.4, -0.2) is 43.2 Å². The Morgan fingerprint density at radius 1 is 1.32 bits per heavy atom. The van der Waals surface area contributed by atoms with Crippen molar-refractivity contribution in [2.24, 2.45) is 0 Å². The number of rotatable bonds is 1. The molecule has 0 bridgehead atoms. The number of carbonyl (C=O) groups is 1. The van der Waals surface area contributed by atoms with Crippen LogP contribution in [-0.2, 0) is 9.53 Å². The van der Waals surface area contributed by atoms with Gasteiger partial charge in [-0.3, -0.25) is 4.79 Å². The summed E-state index contributed by atoms with van der Waals surface area (Å²) in [4.78, 5) is 14.7. The summed E-state index contributed by atoms with van der Waals surface area (Å²) in [5.74, 6) is 0.245. The highest BCUT2D eigenvalue weighted by molar-refractivity contribution is 5.86. The third kappa shape index (κ3) is 2.45. The lowest BCUT2D eigenvalue weighted by Crippen LogP contribution is -2.44. The lowest BCUT2D eigenvalue weighted by atomic mass is 9.86. The molecule has 1 saturated heterocycles. The minimum absolute atomic E-state index is 0.00875. The van der Waals surface area contributed by atoms with Crippen molar-refractivity contribution in [3.63, 3.8) is 0 Å². The van der Waals surface area contributed by atoms with Gasteiger partial charge in [-0.1, -0.05) is 18.2 Å². The molecule has 0 radical (unpaired) electrons. The first kappa shape index (κ1) is 12.5. The van der Waals surface area contributed by atoms with Gasteiger partial charge in [-0.05, 0) is 25.0 Å². The number of benzene rings is 1. The van der Waals surface area contributed by atoms with Crippen LogP contribution in [0.3, 0.4) is 0 Å². The SMILES string of the molecule is CC1CC(C(=O)N2CCOCC2)c2ccccc2N1. The molecular weight excluding hydrogens is 240 g/mol. The molecule has 0 aliphatic carbocycles. The smallest absolute Gasteiger partial charge is 0.230 e. The van der Waals surface area contributed by atoms with E-state index in [0.29, 0.717) is 19.3 Å². The summed E-state index contributed by atoms with van der Waals surface area (Å²) in [5.41, 5.74) is 2.24. The van der Waals surface area contributed by atoms with Crippen LogP contribution in [0.2, 0.25) is 0 Å². The lowest BCUT2D eigenvalue weighted by Gasteiger charge is -2.35. The van der Waals surface area contributed by atoms with Gasteiger partial charge in [-0.15, -0.1) is 0 Å². The van der Waals surface area contributed by atoms with Crippen molar-refractivity contribution in [1.29, 1.82) is 0 Å². The van der Waals surface area contributed by atoms with Gasteiger partial charge in [0.1, 0.15) is 0 Å². The van der Waals surface area contributed by atoms with Gasteiger partial charge < -0.3 is 15.0 Å². The predicted octanol–water partition coefficient (Wildman–Crippen LogP) is 1.83. The molecule has 4 heteroatoms.